The Labute approximate surface area is 299 Å². The lowest BCUT2D eigenvalue weighted by atomic mass is 10.0. The molecule has 0 saturated carbocycles. The van der Waals surface area contributed by atoms with Crippen LogP contribution in [0.15, 0.2) is 176 Å². The fraction of sp³-hybridized carbons (Fsp3) is 0. The first kappa shape index (κ1) is 21.2. The molecule has 0 atom stereocenters. The second kappa shape index (κ2) is 11.4. The first-order valence-corrected chi connectivity index (χ1v) is 16.2. The third-order valence-corrected chi connectivity index (χ3v) is 8.95. The summed E-state index contributed by atoms with van der Waals surface area (Å²) in [5.41, 5.74) is 2.83. The maximum atomic E-state index is 9.54. The highest BCUT2D eigenvalue weighted by atomic mass is 15.2. The maximum absolute atomic E-state index is 9.54. The smallest absolute Gasteiger partial charge is 0.238 e. The molecule has 0 fully saturated rings. The lowest BCUT2D eigenvalue weighted by Gasteiger charge is -2.12. The van der Waals surface area contributed by atoms with Gasteiger partial charge in [-0.3, -0.25) is 4.57 Å². The van der Waals surface area contributed by atoms with Crippen molar-refractivity contribution >= 4 is 43.6 Å². The van der Waals surface area contributed by atoms with Gasteiger partial charge in [-0.15, -0.1) is 0 Å². The lowest BCUT2D eigenvalue weighted by molar-refractivity contribution is 0.953. The van der Waals surface area contributed by atoms with Crippen molar-refractivity contribution in [2.24, 2.45) is 0 Å². The summed E-state index contributed by atoms with van der Waals surface area (Å²) in [5.74, 6) is 0.371. The lowest BCUT2D eigenvalue weighted by Crippen LogP contribution is -2.06. The van der Waals surface area contributed by atoms with Crippen LogP contribution >= 0.6 is 0 Å². The zero-order chi connectivity index (χ0) is 40.0. The van der Waals surface area contributed by atoms with E-state index in [1.165, 1.54) is 0 Å². The third kappa shape index (κ3) is 4.52. The number of fused-ring (bicyclic) bond motifs is 6. The van der Waals surface area contributed by atoms with Crippen molar-refractivity contribution in [1.82, 2.24) is 24.1 Å². The molecule has 0 unspecified atom stereocenters. The molecular weight excluding hydrogens is 611 g/mol. The van der Waals surface area contributed by atoms with Crippen molar-refractivity contribution in [2.75, 3.05) is 0 Å². The summed E-state index contributed by atoms with van der Waals surface area (Å²) in [4.78, 5) is 14.5. The van der Waals surface area contributed by atoms with Crippen molar-refractivity contribution in [3.63, 3.8) is 0 Å². The highest BCUT2D eigenvalue weighted by Gasteiger charge is 2.18. The summed E-state index contributed by atoms with van der Waals surface area (Å²) in [7, 11) is 0. The van der Waals surface area contributed by atoms with Gasteiger partial charge in [0.15, 0.2) is 11.6 Å². The Hall–Kier alpha value is -6.85. The molecule has 10 rings (SSSR count). The maximum Gasteiger partial charge on any atom is 0.238 e. The predicted octanol–water partition coefficient (Wildman–Crippen LogP) is 11.1. The molecule has 0 saturated heterocycles. The zero-order valence-corrected chi connectivity index (χ0v) is 26.4. The summed E-state index contributed by atoms with van der Waals surface area (Å²) in [6.07, 6.45) is 0. The molecule has 234 valence electrons. The van der Waals surface area contributed by atoms with Crippen LogP contribution in [0, 0.1) is 0 Å². The Kier molecular flexibility index (Phi) is 4.83. The van der Waals surface area contributed by atoms with Gasteiger partial charge >= 0.3 is 0 Å². The molecule has 0 aliphatic carbocycles. The van der Waals surface area contributed by atoms with Crippen LogP contribution in [0.5, 0.6) is 0 Å². The van der Waals surface area contributed by atoms with Gasteiger partial charge in [0.1, 0.15) is 0 Å². The summed E-state index contributed by atoms with van der Waals surface area (Å²) in [6, 6.07) is 36.1. The number of nitrogens with zero attached hydrogens (tertiary/aromatic N) is 5. The quantitative estimate of drug-likeness (QED) is 0.187. The van der Waals surface area contributed by atoms with Gasteiger partial charge in [0.05, 0.1) is 33.0 Å². The van der Waals surface area contributed by atoms with E-state index in [1.807, 2.05) is 132 Å². The first-order chi connectivity index (χ1) is 28.2. The molecule has 0 bridgehead atoms. The van der Waals surface area contributed by atoms with E-state index in [0.717, 1.165) is 32.6 Å². The first-order valence-electron chi connectivity index (χ1n) is 20.2. The van der Waals surface area contributed by atoms with Crippen molar-refractivity contribution in [2.45, 2.75) is 0 Å². The van der Waals surface area contributed by atoms with E-state index >= 15 is 0 Å². The molecule has 0 amide bonds. The number of para-hydroxylation sites is 4. The fourth-order valence-electron chi connectivity index (χ4n) is 6.71. The number of benzene rings is 7. The number of aromatic nitrogens is 5. The van der Waals surface area contributed by atoms with Gasteiger partial charge in [-0.2, -0.15) is 9.97 Å². The van der Waals surface area contributed by atoms with Crippen LogP contribution in [0.2, 0.25) is 0 Å². The van der Waals surface area contributed by atoms with Gasteiger partial charge in [-0.05, 0) is 47.5 Å². The minimum absolute atomic E-state index is 0.00451. The van der Waals surface area contributed by atoms with Crippen LogP contribution in [0.4, 0.5) is 0 Å². The van der Waals surface area contributed by atoms with Gasteiger partial charge in [-0.1, -0.05) is 139 Å². The van der Waals surface area contributed by atoms with E-state index < -0.39 is 36.3 Å². The molecule has 50 heavy (non-hydrogen) atoms. The molecule has 0 aliphatic rings. The van der Waals surface area contributed by atoms with E-state index in [4.69, 9.17) is 19.1 Å². The minimum atomic E-state index is -0.548. The summed E-state index contributed by atoms with van der Waals surface area (Å²) in [6.45, 7) is 0. The molecular formula is C45H29N5. The highest BCUT2D eigenvalue weighted by Crippen LogP contribution is 2.35. The zero-order valence-electron chi connectivity index (χ0n) is 34.4. The van der Waals surface area contributed by atoms with Crippen LogP contribution in [-0.4, -0.2) is 24.1 Å². The van der Waals surface area contributed by atoms with E-state index in [0.29, 0.717) is 16.6 Å². The monoisotopic (exact) mass is 647 g/mol. The molecule has 5 heteroatoms. The number of hydrogen-bond acceptors (Lipinski definition) is 3. The average molecular weight is 648 g/mol. The van der Waals surface area contributed by atoms with Gasteiger partial charge in [0, 0.05) is 38.4 Å². The van der Waals surface area contributed by atoms with Gasteiger partial charge in [-0.25, -0.2) is 4.98 Å². The van der Waals surface area contributed by atoms with E-state index in [-0.39, 0.29) is 52.1 Å². The molecule has 3 heterocycles. The molecule has 7 aromatic carbocycles. The van der Waals surface area contributed by atoms with Crippen LogP contribution in [0.1, 0.15) is 11.0 Å². The summed E-state index contributed by atoms with van der Waals surface area (Å²) >= 11 is 0. The third-order valence-electron chi connectivity index (χ3n) is 8.95. The van der Waals surface area contributed by atoms with Crippen LogP contribution in [0.25, 0.3) is 89.2 Å². The Morgan fingerprint density at radius 1 is 0.380 bits per heavy atom. The van der Waals surface area contributed by atoms with Gasteiger partial charge in [0.25, 0.3) is 0 Å². The number of hydrogen-bond donors (Lipinski definition) is 0. The Morgan fingerprint density at radius 2 is 0.840 bits per heavy atom. The molecule has 0 spiro atoms. The molecule has 0 aliphatic heterocycles. The second-order valence-electron chi connectivity index (χ2n) is 11.9. The molecule has 3 aromatic heterocycles. The standard InChI is InChI=1S/C45H29N5/c1-2-13-31(14-3-1)43-46-44(48-45(47-43)50-41-23-10-6-19-37(41)38-20-7-11-24-42(38)50)32-27-25-30(26-28-32)33-15-12-16-34(29-33)49-39-21-8-4-17-35(39)36-18-5-9-22-40(36)49/h1-29H/i12D,15D,16D,25D,26D,27D,28D,29D. The van der Waals surface area contributed by atoms with Crippen molar-refractivity contribution in [3.8, 4) is 45.5 Å². The molecule has 5 nitrogen and oxygen atoms in total. The summed E-state index contributed by atoms with van der Waals surface area (Å²) in [5, 5.41) is 3.67. The normalized spacial score (nSPS) is 13.8. The van der Waals surface area contributed by atoms with Gasteiger partial charge in [0.2, 0.25) is 5.95 Å². The molecule has 10 aromatic rings. The average Bonchev–Trinajstić information content (AvgIpc) is 3.77. The predicted molar refractivity (Wildman–Crippen MR) is 205 cm³/mol. The Balaban J connectivity index is 1.23. The second-order valence-corrected chi connectivity index (χ2v) is 11.9. The SMILES string of the molecule is [2H]c1c([2H])c(-c2c([2H])c([2H])c(-c3nc(-c4ccccc4)nc(-n4c5ccccc5c5ccccc54)n3)c([2H])c2[2H])c([2H])c(-n2c3ccccc3c3ccccc32)c1[2H]. The van der Waals surface area contributed by atoms with E-state index in [1.54, 1.807) is 4.57 Å². The van der Waals surface area contributed by atoms with Crippen LogP contribution in [-0.2, 0) is 0 Å². The van der Waals surface area contributed by atoms with Crippen LogP contribution in [0.3, 0.4) is 0 Å². The Morgan fingerprint density at radius 3 is 1.40 bits per heavy atom. The number of rotatable bonds is 5. The van der Waals surface area contributed by atoms with Crippen LogP contribution < -0.4 is 0 Å². The fourth-order valence-corrected chi connectivity index (χ4v) is 6.71. The van der Waals surface area contributed by atoms with Crippen molar-refractivity contribution < 1.29 is 11.0 Å². The summed E-state index contributed by atoms with van der Waals surface area (Å²) < 4.78 is 77.6. The van der Waals surface area contributed by atoms with Crippen molar-refractivity contribution in [3.05, 3.63) is 176 Å². The van der Waals surface area contributed by atoms with E-state index in [9.17, 15) is 6.85 Å². The minimum Gasteiger partial charge on any atom is -0.309 e. The van der Waals surface area contributed by atoms with Crippen molar-refractivity contribution in [1.29, 1.82) is 0 Å². The van der Waals surface area contributed by atoms with E-state index in [2.05, 4.69) is 0 Å². The molecule has 0 radical (unpaired) electrons. The van der Waals surface area contributed by atoms with Gasteiger partial charge < -0.3 is 4.57 Å². The largest absolute Gasteiger partial charge is 0.309 e. The highest BCUT2D eigenvalue weighted by molar-refractivity contribution is 6.10. The Bertz CT molecular complexity index is 3200. The topological polar surface area (TPSA) is 48.5 Å². The molecule has 0 N–H and O–H groups in total.